The first kappa shape index (κ1) is 18.6. The Kier molecular flexibility index (Phi) is 6.90. The number of thiocarbonyl (C=S) groups is 1. The molecule has 2 rings (SSSR count). The van der Waals surface area contributed by atoms with Crippen LogP contribution < -0.4 is 5.32 Å². The molecule has 1 atom stereocenters. The summed E-state index contributed by atoms with van der Waals surface area (Å²) in [7, 11) is 1.64. The first-order valence-electron chi connectivity index (χ1n) is 7.44. The molecule has 0 aliphatic heterocycles. The maximum atomic E-state index is 13.3. The van der Waals surface area contributed by atoms with Gasteiger partial charge in [0.2, 0.25) is 0 Å². The third-order valence-corrected chi connectivity index (χ3v) is 4.23. The predicted molar refractivity (Wildman–Crippen MR) is 98.9 cm³/mol. The van der Waals surface area contributed by atoms with Crippen LogP contribution in [0.5, 0.6) is 0 Å². The van der Waals surface area contributed by atoms with Crippen LogP contribution in [0.15, 0.2) is 42.7 Å². The molecule has 0 amide bonds. The molecular formula is C17H19ClFN3OS. The fraction of sp³-hybridized carbons (Fsp3) is 0.294. The molecule has 7 heteroatoms. The lowest BCUT2D eigenvalue weighted by molar-refractivity contribution is 0.165. The van der Waals surface area contributed by atoms with Crippen LogP contribution in [0, 0.1) is 5.82 Å². The van der Waals surface area contributed by atoms with Crippen molar-refractivity contribution in [2.45, 2.75) is 13.0 Å². The van der Waals surface area contributed by atoms with E-state index in [2.05, 4.69) is 10.3 Å². The molecule has 0 aliphatic carbocycles. The van der Waals surface area contributed by atoms with Crippen molar-refractivity contribution < 1.29 is 9.13 Å². The van der Waals surface area contributed by atoms with Crippen molar-refractivity contribution >= 4 is 34.6 Å². The topological polar surface area (TPSA) is 37.4 Å². The Hall–Kier alpha value is -1.76. The lowest BCUT2D eigenvalue weighted by Gasteiger charge is -2.32. The minimum absolute atomic E-state index is 0.00442. The van der Waals surface area contributed by atoms with E-state index in [1.165, 1.54) is 12.1 Å². The smallest absolute Gasteiger partial charge is 0.174 e. The van der Waals surface area contributed by atoms with Gasteiger partial charge in [-0.15, -0.1) is 0 Å². The number of halogens is 2. The van der Waals surface area contributed by atoms with Crippen molar-refractivity contribution in [2.24, 2.45) is 0 Å². The maximum Gasteiger partial charge on any atom is 0.174 e. The van der Waals surface area contributed by atoms with E-state index in [4.69, 9.17) is 28.6 Å². The SMILES string of the molecule is COCCN(C(=S)Nc1ccc(F)c(Cl)c1)C(C)c1cccnc1. The van der Waals surface area contributed by atoms with Gasteiger partial charge in [0, 0.05) is 31.7 Å². The Morgan fingerprint density at radius 1 is 1.46 bits per heavy atom. The third kappa shape index (κ3) is 4.87. The standard InChI is InChI=1S/C17H19ClFN3OS/c1-12(13-4-3-7-20-11-13)22(8-9-23-2)17(24)21-14-5-6-16(19)15(18)10-14/h3-7,10-12H,8-9H2,1-2H3,(H,21,24). The summed E-state index contributed by atoms with van der Waals surface area (Å²) in [5, 5.41) is 3.65. The zero-order valence-electron chi connectivity index (χ0n) is 13.5. The van der Waals surface area contributed by atoms with E-state index in [1.807, 2.05) is 30.2 Å². The van der Waals surface area contributed by atoms with Gasteiger partial charge in [-0.1, -0.05) is 17.7 Å². The highest BCUT2D eigenvalue weighted by Crippen LogP contribution is 2.23. The van der Waals surface area contributed by atoms with Crippen LogP contribution in [-0.2, 0) is 4.74 Å². The number of benzene rings is 1. The highest BCUT2D eigenvalue weighted by Gasteiger charge is 2.19. The Balaban J connectivity index is 2.16. The van der Waals surface area contributed by atoms with Crippen molar-refractivity contribution in [3.8, 4) is 0 Å². The molecule has 2 aromatic rings. The Morgan fingerprint density at radius 2 is 2.25 bits per heavy atom. The molecule has 0 saturated carbocycles. The molecule has 1 heterocycles. The van der Waals surface area contributed by atoms with E-state index >= 15 is 0 Å². The van der Waals surface area contributed by atoms with Crippen molar-refractivity contribution in [2.75, 3.05) is 25.6 Å². The lowest BCUT2D eigenvalue weighted by Crippen LogP contribution is -2.39. The zero-order chi connectivity index (χ0) is 17.5. The Bertz CT molecular complexity index is 687. The number of hydrogen-bond acceptors (Lipinski definition) is 3. The summed E-state index contributed by atoms with van der Waals surface area (Å²) < 4.78 is 18.5. The highest BCUT2D eigenvalue weighted by molar-refractivity contribution is 7.80. The Labute approximate surface area is 151 Å². The van der Waals surface area contributed by atoms with Crippen molar-refractivity contribution in [3.63, 3.8) is 0 Å². The number of nitrogens with zero attached hydrogens (tertiary/aromatic N) is 2. The number of ether oxygens (including phenoxy) is 1. The quantitative estimate of drug-likeness (QED) is 0.771. The van der Waals surface area contributed by atoms with E-state index in [0.717, 1.165) is 5.56 Å². The summed E-state index contributed by atoms with van der Waals surface area (Å²) in [6, 6.07) is 8.29. The van der Waals surface area contributed by atoms with Gasteiger partial charge in [0.25, 0.3) is 0 Å². The van der Waals surface area contributed by atoms with Gasteiger partial charge in [0.05, 0.1) is 17.7 Å². The lowest BCUT2D eigenvalue weighted by atomic mass is 10.1. The van der Waals surface area contributed by atoms with Crippen molar-refractivity contribution in [3.05, 3.63) is 59.1 Å². The minimum atomic E-state index is -0.465. The molecule has 1 unspecified atom stereocenters. The van der Waals surface area contributed by atoms with Crippen LogP contribution in [0.25, 0.3) is 0 Å². The van der Waals surface area contributed by atoms with Crippen LogP contribution in [0.1, 0.15) is 18.5 Å². The zero-order valence-corrected chi connectivity index (χ0v) is 15.1. The summed E-state index contributed by atoms with van der Waals surface area (Å²) >= 11 is 11.3. The molecule has 0 bridgehead atoms. The fourth-order valence-electron chi connectivity index (χ4n) is 2.23. The van der Waals surface area contributed by atoms with Crippen molar-refractivity contribution in [1.29, 1.82) is 0 Å². The second kappa shape index (κ2) is 8.92. The van der Waals surface area contributed by atoms with Crippen molar-refractivity contribution in [1.82, 2.24) is 9.88 Å². The van der Waals surface area contributed by atoms with E-state index in [1.54, 1.807) is 19.4 Å². The van der Waals surface area contributed by atoms with Crippen LogP contribution in [0.2, 0.25) is 5.02 Å². The second-order valence-electron chi connectivity index (χ2n) is 5.21. The van der Waals surface area contributed by atoms with Gasteiger partial charge >= 0.3 is 0 Å². The monoisotopic (exact) mass is 367 g/mol. The third-order valence-electron chi connectivity index (χ3n) is 3.60. The second-order valence-corrected chi connectivity index (χ2v) is 6.00. The molecule has 0 fully saturated rings. The summed E-state index contributed by atoms with van der Waals surface area (Å²) in [6.07, 6.45) is 3.54. The average molecular weight is 368 g/mol. The summed E-state index contributed by atoms with van der Waals surface area (Å²) in [6.45, 7) is 3.17. The van der Waals surface area contributed by atoms with Gasteiger partial charge in [-0.25, -0.2) is 4.39 Å². The molecule has 0 aliphatic rings. The Morgan fingerprint density at radius 3 is 2.88 bits per heavy atom. The number of methoxy groups -OCH3 is 1. The van der Waals surface area contributed by atoms with E-state index < -0.39 is 5.82 Å². The first-order valence-corrected chi connectivity index (χ1v) is 8.23. The highest BCUT2D eigenvalue weighted by atomic mass is 35.5. The van der Waals surface area contributed by atoms with Gasteiger partial charge in [-0.2, -0.15) is 0 Å². The van der Waals surface area contributed by atoms with Crippen LogP contribution in [0.4, 0.5) is 10.1 Å². The largest absolute Gasteiger partial charge is 0.383 e. The molecule has 0 spiro atoms. The molecule has 1 aromatic carbocycles. The predicted octanol–water partition coefficient (Wildman–Crippen LogP) is 4.28. The molecule has 1 aromatic heterocycles. The van der Waals surface area contributed by atoms with Crippen LogP contribution >= 0.6 is 23.8 Å². The summed E-state index contributed by atoms with van der Waals surface area (Å²) in [5.41, 5.74) is 1.67. The van der Waals surface area contributed by atoms with E-state index in [-0.39, 0.29) is 11.1 Å². The molecule has 24 heavy (non-hydrogen) atoms. The van der Waals surface area contributed by atoms with E-state index in [0.29, 0.717) is 24.0 Å². The molecule has 1 N–H and O–H groups in total. The average Bonchev–Trinajstić information content (AvgIpc) is 2.59. The first-order chi connectivity index (χ1) is 11.5. The number of rotatable bonds is 6. The number of nitrogens with one attached hydrogen (secondary N) is 1. The number of pyridine rings is 1. The van der Waals surface area contributed by atoms with Crippen LogP contribution in [0.3, 0.4) is 0 Å². The number of aromatic nitrogens is 1. The van der Waals surface area contributed by atoms with Crippen LogP contribution in [-0.4, -0.2) is 35.3 Å². The molecule has 0 saturated heterocycles. The molecular weight excluding hydrogens is 349 g/mol. The normalized spacial score (nSPS) is 11.8. The van der Waals surface area contributed by atoms with Gasteiger partial charge in [-0.3, -0.25) is 4.98 Å². The minimum Gasteiger partial charge on any atom is -0.383 e. The number of anilines is 1. The number of hydrogen-bond donors (Lipinski definition) is 1. The summed E-state index contributed by atoms with van der Waals surface area (Å²) in [5.74, 6) is -0.465. The van der Waals surface area contributed by atoms with E-state index in [9.17, 15) is 4.39 Å². The molecule has 4 nitrogen and oxygen atoms in total. The molecule has 128 valence electrons. The van der Waals surface area contributed by atoms with Gasteiger partial charge in [-0.05, 0) is 49.0 Å². The maximum absolute atomic E-state index is 13.3. The molecule has 0 radical (unpaired) electrons. The van der Waals surface area contributed by atoms with Gasteiger partial charge in [0.1, 0.15) is 5.82 Å². The summed E-state index contributed by atoms with van der Waals surface area (Å²) in [4.78, 5) is 6.15. The van der Waals surface area contributed by atoms with Gasteiger partial charge < -0.3 is 15.0 Å². The fourth-order valence-corrected chi connectivity index (χ4v) is 2.78. The van der Waals surface area contributed by atoms with Gasteiger partial charge in [0.15, 0.2) is 5.11 Å².